The third-order valence-corrected chi connectivity index (χ3v) is 6.91. The number of nitrogens with zero attached hydrogens (tertiary/aromatic N) is 3. The largest absolute Gasteiger partial charge is 0.490 e. The van der Waals surface area contributed by atoms with Crippen LogP contribution in [0.3, 0.4) is 0 Å². The molecule has 2 aromatic heterocycles. The molecule has 4 N–H and O–H groups in total. The highest BCUT2D eigenvalue weighted by molar-refractivity contribution is 5.93. The van der Waals surface area contributed by atoms with E-state index < -0.39 is 46.9 Å². The van der Waals surface area contributed by atoms with Gasteiger partial charge in [0.15, 0.2) is 5.65 Å². The summed E-state index contributed by atoms with van der Waals surface area (Å²) in [7, 11) is 0. The minimum absolute atomic E-state index is 0.0238. The number of benzene rings is 3. The molecule has 0 saturated carbocycles. The molecule has 0 radical (unpaired) electrons. The molecule has 0 amide bonds. The monoisotopic (exact) mass is 673 g/mol. The number of aryl methyl sites for hydroxylation is 1. The molecule has 3 aromatic carbocycles. The fourth-order valence-corrected chi connectivity index (χ4v) is 4.64. The summed E-state index contributed by atoms with van der Waals surface area (Å²) < 4.78 is 76.2. The van der Waals surface area contributed by atoms with Gasteiger partial charge in [-0.25, -0.2) is 22.9 Å². The number of hydrogen-bond donors (Lipinski definition) is 4. The molecule has 15 heteroatoms. The van der Waals surface area contributed by atoms with Crippen LogP contribution in [0.2, 0.25) is 0 Å². The number of aromatic nitrogens is 3. The number of nitrogens with one attached hydrogen (secondary N) is 2. The fourth-order valence-electron chi connectivity index (χ4n) is 4.64. The number of aliphatic carboxylic acids is 1. The highest BCUT2D eigenvalue weighted by Gasteiger charge is 2.38. The summed E-state index contributed by atoms with van der Waals surface area (Å²) in [5.41, 5.74) is 1.30. The maximum absolute atomic E-state index is 14.8. The number of alkyl halides is 3. The van der Waals surface area contributed by atoms with E-state index in [2.05, 4.69) is 20.6 Å². The van der Waals surface area contributed by atoms with Gasteiger partial charge in [0.05, 0.1) is 11.8 Å². The minimum atomic E-state index is -5.08. The van der Waals surface area contributed by atoms with Crippen molar-refractivity contribution in [3.63, 3.8) is 0 Å². The molecular formula is C33H29F6N5O4. The maximum atomic E-state index is 14.8. The van der Waals surface area contributed by atoms with Crippen molar-refractivity contribution in [2.45, 2.75) is 25.6 Å². The molecule has 9 nitrogen and oxygen atoms in total. The number of pyridine rings is 1. The topological polar surface area (TPSA) is 129 Å². The molecule has 0 aliphatic heterocycles. The average Bonchev–Trinajstić information content (AvgIpc) is 3.03. The normalized spacial score (nSPS) is 11.9. The maximum Gasteiger partial charge on any atom is 0.490 e. The zero-order valence-electron chi connectivity index (χ0n) is 25.2. The Bertz CT molecular complexity index is 1930. The molecule has 5 rings (SSSR count). The third-order valence-electron chi connectivity index (χ3n) is 6.91. The fraction of sp³-hybridized carbons (Fsp3) is 0.212. The van der Waals surface area contributed by atoms with Crippen LogP contribution in [0.1, 0.15) is 11.1 Å². The summed E-state index contributed by atoms with van der Waals surface area (Å²) in [6.45, 7) is 2.72. The molecule has 48 heavy (non-hydrogen) atoms. The Morgan fingerprint density at radius 2 is 1.58 bits per heavy atom. The van der Waals surface area contributed by atoms with Gasteiger partial charge in [-0.3, -0.25) is 9.36 Å². The number of carboxylic acids is 1. The number of aliphatic hydroxyl groups excluding tert-OH is 1. The summed E-state index contributed by atoms with van der Waals surface area (Å²) in [5.74, 6) is -5.05. The number of anilines is 1. The Kier molecular flexibility index (Phi) is 11.5. The first kappa shape index (κ1) is 35.6. The van der Waals surface area contributed by atoms with Gasteiger partial charge in [-0.1, -0.05) is 36.4 Å². The van der Waals surface area contributed by atoms with Crippen molar-refractivity contribution >= 4 is 23.0 Å². The van der Waals surface area contributed by atoms with Crippen molar-refractivity contribution in [2.75, 3.05) is 25.0 Å². The third kappa shape index (κ3) is 8.95. The van der Waals surface area contributed by atoms with Crippen LogP contribution in [-0.4, -0.2) is 62.6 Å². The van der Waals surface area contributed by atoms with Crippen LogP contribution in [0.15, 0.2) is 83.7 Å². The van der Waals surface area contributed by atoms with Crippen molar-refractivity contribution < 1.29 is 41.4 Å². The van der Waals surface area contributed by atoms with E-state index in [4.69, 9.17) is 9.90 Å². The van der Waals surface area contributed by atoms with Gasteiger partial charge in [0, 0.05) is 30.1 Å². The molecule has 0 aliphatic carbocycles. The lowest BCUT2D eigenvalue weighted by molar-refractivity contribution is -0.192. The molecule has 2 heterocycles. The number of carbonyl (C=O) groups is 1. The Morgan fingerprint density at radius 3 is 2.21 bits per heavy atom. The smallest absolute Gasteiger partial charge is 0.475 e. The highest BCUT2D eigenvalue weighted by Crippen LogP contribution is 2.31. The zero-order valence-corrected chi connectivity index (χ0v) is 25.2. The standard InChI is InChI=1S/C31H28F3N5O2.C2HF3O2/c1-19-16-21(32)10-11-23(19)28-24-12-13-27(41)39(29-25(33)8-5-9-26(29)34)30(24)38-31(37-28)36-18-22(40)17-35-15-14-20-6-3-2-4-7-20;3-2(4,5)1(6)7/h2-13,16,22,35,40H,14-15,17-18H2,1H3,(H,36,37,38);(H,6,7). The van der Waals surface area contributed by atoms with E-state index in [9.17, 15) is 36.2 Å². The van der Waals surface area contributed by atoms with E-state index in [0.717, 1.165) is 23.1 Å². The molecule has 1 atom stereocenters. The molecule has 0 aliphatic rings. The lowest BCUT2D eigenvalue weighted by Gasteiger charge is -2.17. The van der Waals surface area contributed by atoms with Crippen LogP contribution in [0, 0.1) is 24.4 Å². The van der Waals surface area contributed by atoms with Crippen LogP contribution in [0.5, 0.6) is 0 Å². The Hall–Kier alpha value is -5.28. The van der Waals surface area contributed by atoms with Gasteiger partial charge in [-0.05, 0) is 67.4 Å². The summed E-state index contributed by atoms with van der Waals surface area (Å²) >= 11 is 0. The number of carboxylic acid groups (broad SMARTS) is 1. The molecule has 5 aromatic rings. The molecular weight excluding hydrogens is 644 g/mol. The SMILES string of the molecule is Cc1cc(F)ccc1-c1nc(NCC(O)CNCCc2ccccc2)nc2c1ccc(=O)n2-c1c(F)cccc1F.O=C(O)C(F)(F)F. The van der Waals surface area contributed by atoms with E-state index in [-0.39, 0.29) is 18.1 Å². The van der Waals surface area contributed by atoms with E-state index in [1.807, 2.05) is 30.3 Å². The quantitative estimate of drug-likeness (QED) is 0.114. The van der Waals surface area contributed by atoms with Crippen molar-refractivity contribution in [1.82, 2.24) is 19.9 Å². The van der Waals surface area contributed by atoms with Crippen LogP contribution < -0.4 is 16.2 Å². The number of halogens is 6. The van der Waals surface area contributed by atoms with Crippen LogP contribution in [-0.2, 0) is 11.2 Å². The van der Waals surface area contributed by atoms with Crippen LogP contribution in [0.25, 0.3) is 28.0 Å². The van der Waals surface area contributed by atoms with Crippen LogP contribution >= 0.6 is 0 Å². The number of aliphatic hydroxyl groups is 1. The Balaban J connectivity index is 0.000000671. The Morgan fingerprint density at radius 1 is 0.917 bits per heavy atom. The van der Waals surface area contributed by atoms with Crippen molar-refractivity contribution in [3.05, 3.63) is 118 Å². The van der Waals surface area contributed by atoms with Gasteiger partial charge < -0.3 is 20.8 Å². The van der Waals surface area contributed by atoms with E-state index in [0.29, 0.717) is 35.3 Å². The molecule has 0 spiro atoms. The summed E-state index contributed by atoms with van der Waals surface area (Å²) in [6, 6.07) is 20.1. The van der Waals surface area contributed by atoms with E-state index in [1.54, 1.807) is 13.0 Å². The summed E-state index contributed by atoms with van der Waals surface area (Å²) in [5, 5.41) is 24.2. The van der Waals surface area contributed by atoms with E-state index in [1.165, 1.54) is 35.9 Å². The first-order chi connectivity index (χ1) is 22.8. The van der Waals surface area contributed by atoms with Gasteiger partial charge in [-0.15, -0.1) is 0 Å². The van der Waals surface area contributed by atoms with Crippen molar-refractivity contribution in [3.8, 4) is 16.9 Å². The van der Waals surface area contributed by atoms with E-state index >= 15 is 0 Å². The Labute approximate surface area is 269 Å². The molecule has 1 unspecified atom stereocenters. The molecule has 0 fully saturated rings. The number of fused-ring (bicyclic) bond motifs is 1. The predicted octanol–water partition coefficient (Wildman–Crippen LogP) is 5.41. The number of hydrogen-bond acceptors (Lipinski definition) is 7. The second-order valence-electron chi connectivity index (χ2n) is 10.4. The lowest BCUT2D eigenvalue weighted by atomic mass is 10.0. The first-order valence-corrected chi connectivity index (χ1v) is 14.4. The van der Waals surface area contributed by atoms with Gasteiger partial charge in [0.25, 0.3) is 5.56 Å². The molecule has 0 saturated heterocycles. The summed E-state index contributed by atoms with van der Waals surface area (Å²) in [6.07, 6.45) is -5.10. The van der Waals surface area contributed by atoms with Crippen molar-refractivity contribution in [1.29, 1.82) is 0 Å². The lowest BCUT2D eigenvalue weighted by Crippen LogP contribution is -2.33. The minimum Gasteiger partial charge on any atom is -0.475 e. The zero-order chi connectivity index (χ0) is 35.0. The second kappa shape index (κ2) is 15.5. The van der Waals surface area contributed by atoms with Gasteiger partial charge in [0.2, 0.25) is 5.95 Å². The van der Waals surface area contributed by atoms with Crippen LogP contribution in [0.4, 0.5) is 32.3 Å². The second-order valence-corrected chi connectivity index (χ2v) is 10.4. The number of para-hydroxylation sites is 1. The van der Waals surface area contributed by atoms with Gasteiger partial charge in [-0.2, -0.15) is 18.2 Å². The molecule has 0 bridgehead atoms. The first-order valence-electron chi connectivity index (χ1n) is 14.4. The van der Waals surface area contributed by atoms with Gasteiger partial charge >= 0.3 is 12.1 Å². The van der Waals surface area contributed by atoms with Crippen molar-refractivity contribution in [2.24, 2.45) is 0 Å². The number of rotatable bonds is 10. The molecule has 252 valence electrons. The summed E-state index contributed by atoms with van der Waals surface area (Å²) in [4.78, 5) is 30.9. The highest BCUT2D eigenvalue weighted by atomic mass is 19.4. The average molecular weight is 674 g/mol. The predicted molar refractivity (Wildman–Crippen MR) is 166 cm³/mol. The van der Waals surface area contributed by atoms with Gasteiger partial charge in [0.1, 0.15) is 23.1 Å².